The number of aryl methyl sites for hydroxylation is 1. The summed E-state index contributed by atoms with van der Waals surface area (Å²) in [6.07, 6.45) is 0. The molecule has 2 saturated heterocycles. The van der Waals surface area contributed by atoms with Crippen LogP contribution in [0.15, 0.2) is 18.2 Å². The van der Waals surface area contributed by atoms with Crippen LogP contribution in [0.5, 0.6) is 0 Å². The van der Waals surface area contributed by atoms with Gasteiger partial charge in [-0.3, -0.25) is 9.59 Å². The van der Waals surface area contributed by atoms with E-state index >= 15 is 0 Å². The topological polar surface area (TPSA) is 49.9 Å². The van der Waals surface area contributed by atoms with Gasteiger partial charge in [-0.05, 0) is 19.1 Å². The molecule has 0 aliphatic carbocycles. The summed E-state index contributed by atoms with van der Waals surface area (Å²) in [5.41, 5.74) is 1.48. The quantitative estimate of drug-likeness (QED) is 0.788. The minimum atomic E-state index is -0.301. The number of halogens is 1. The molecule has 0 radical (unpaired) electrons. The van der Waals surface area contributed by atoms with E-state index in [1.54, 1.807) is 29.0 Å². The van der Waals surface area contributed by atoms with Crippen molar-refractivity contribution in [3.8, 4) is 0 Å². The second-order valence-corrected chi connectivity index (χ2v) is 6.44. The smallest absolute Gasteiger partial charge is 0.255 e. The number of hydrogen-bond donors (Lipinski definition) is 0. The van der Waals surface area contributed by atoms with E-state index in [1.807, 2.05) is 13.0 Å². The highest BCUT2D eigenvalue weighted by Gasteiger charge is 2.39. The van der Waals surface area contributed by atoms with E-state index in [1.165, 1.54) is 0 Å². The van der Waals surface area contributed by atoms with Crippen molar-refractivity contribution in [3.63, 3.8) is 0 Å². The Kier molecular flexibility index (Phi) is 4.10. The van der Waals surface area contributed by atoms with E-state index in [9.17, 15) is 9.59 Å². The van der Waals surface area contributed by atoms with Crippen LogP contribution < -0.4 is 0 Å². The lowest BCUT2D eigenvalue weighted by atomic mass is 10.1. The van der Waals surface area contributed by atoms with E-state index in [2.05, 4.69) is 0 Å². The number of fused-ring (bicyclic) bond motifs is 3. The molecule has 2 aliphatic heterocycles. The standard InChI is InChI=1S/C16H19ClN2O3/c1-10-3-4-14(17)13(5-10)16(21)19-6-11-8-22-9-12(7-19)18(2)15(11)20/h3-5,11-12H,6-9H2,1-2H3/t11-,12+/m1/s1. The molecule has 2 heterocycles. The Morgan fingerprint density at radius 3 is 2.86 bits per heavy atom. The molecule has 1 aromatic rings. The number of hydrogen-bond acceptors (Lipinski definition) is 3. The van der Waals surface area contributed by atoms with Crippen LogP contribution in [0.1, 0.15) is 15.9 Å². The van der Waals surface area contributed by atoms with Gasteiger partial charge in [0.25, 0.3) is 5.91 Å². The Hall–Kier alpha value is -1.59. The van der Waals surface area contributed by atoms with Crippen LogP contribution >= 0.6 is 11.6 Å². The van der Waals surface area contributed by atoms with E-state index in [-0.39, 0.29) is 23.8 Å². The summed E-state index contributed by atoms with van der Waals surface area (Å²) in [6, 6.07) is 5.31. The SMILES string of the molecule is Cc1ccc(Cl)c(C(=O)N2C[C@@H]3COC[C@H](C2)N(C)C3=O)c1. The molecule has 2 aliphatic rings. The number of carbonyl (C=O) groups excluding carboxylic acids is 2. The Morgan fingerprint density at radius 1 is 1.32 bits per heavy atom. The van der Waals surface area contributed by atoms with Crippen LogP contribution in [0, 0.1) is 12.8 Å². The normalized spacial score (nSPS) is 25.1. The fourth-order valence-corrected chi connectivity index (χ4v) is 3.24. The number of benzene rings is 1. The zero-order valence-electron chi connectivity index (χ0n) is 12.7. The number of carbonyl (C=O) groups is 2. The molecule has 2 atom stereocenters. The monoisotopic (exact) mass is 322 g/mol. The molecular weight excluding hydrogens is 304 g/mol. The summed E-state index contributed by atoms with van der Waals surface area (Å²) in [5.74, 6) is -0.369. The average Bonchev–Trinajstić information content (AvgIpc) is 2.67. The maximum Gasteiger partial charge on any atom is 0.255 e. The predicted molar refractivity (Wildman–Crippen MR) is 83.0 cm³/mol. The third-order valence-electron chi connectivity index (χ3n) is 4.39. The molecule has 118 valence electrons. The van der Waals surface area contributed by atoms with Gasteiger partial charge in [-0.1, -0.05) is 23.2 Å². The Morgan fingerprint density at radius 2 is 2.09 bits per heavy atom. The highest BCUT2D eigenvalue weighted by Crippen LogP contribution is 2.24. The van der Waals surface area contributed by atoms with Crippen LogP contribution in [0.2, 0.25) is 5.02 Å². The Balaban J connectivity index is 1.90. The predicted octanol–water partition coefficient (Wildman–Crippen LogP) is 1.58. The minimum Gasteiger partial charge on any atom is -0.378 e. The molecule has 2 bridgehead atoms. The summed E-state index contributed by atoms with van der Waals surface area (Å²) in [7, 11) is 1.78. The number of ether oxygens (including phenoxy) is 1. The van der Waals surface area contributed by atoms with Gasteiger partial charge in [0.2, 0.25) is 5.91 Å². The zero-order valence-corrected chi connectivity index (χ0v) is 13.5. The van der Waals surface area contributed by atoms with Gasteiger partial charge in [0.1, 0.15) is 0 Å². The largest absolute Gasteiger partial charge is 0.378 e. The minimum absolute atomic E-state index is 0.0492. The Labute approximate surface area is 134 Å². The van der Waals surface area contributed by atoms with Crippen LogP contribution in [-0.4, -0.2) is 61.0 Å². The average molecular weight is 323 g/mol. The highest BCUT2D eigenvalue weighted by molar-refractivity contribution is 6.33. The molecule has 0 aromatic heterocycles. The van der Waals surface area contributed by atoms with Crippen LogP contribution in [0.3, 0.4) is 0 Å². The summed E-state index contributed by atoms with van der Waals surface area (Å²) in [5, 5.41) is 0.445. The first-order valence-corrected chi connectivity index (χ1v) is 7.75. The van der Waals surface area contributed by atoms with E-state index in [4.69, 9.17) is 16.3 Å². The van der Waals surface area contributed by atoms with E-state index in [0.29, 0.717) is 36.9 Å². The van der Waals surface area contributed by atoms with Crippen molar-refractivity contribution >= 4 is 23.4 Å². The number of nitrogens with zero attached hydrogens (tertiary/aromatic N) is 2. The van der Waals surface area contributed by atoms with Crippen LogP contribution in [0.4, 0.5) is 0 Å². The van der Waals surface area contributed by atoms with Crippen molar-refractivity contribution in [2.75, 3.05) is 33.4 Å². The molecule has 0 N–H and O–H groups in total. The lowest BCUT2D eigenvalue weighted by Gasteiger charge is -2.29. The van der Waals surface area contributed by atoms with Crippen molar-refractivity contribution in [2.45, 2.75) is 13.0 Å². The van der Waals surface area contributed by atoms with Crippen LogP contribution in [0.25, 0.3) is 0 Å². The molecule has 6 heteroatoms. The number of rotatable bonds is 1. The fourth-order valence-electron chi connectivity index (χ4n) is 3.04. The highest BCUT2D eigenvalue weighted by atomic mass is 35.5. The third-order valence-corrected chi connectivity index (χ3v) is 4.71. The van der Waals surface area contributed by atoms with Crippen LogP contribution in [-0.2, 0) is 9.53 Å². The fraction of sp³-hybridized carbons (Fsp3) is 0.500. The first kappa shape index (κ1) is 15.3. The molecule has 0 saturated carbocycles. The van der Waals surface area contributed by atoms with Gasteiger partial charge in [0.15, 0.2) is 0 Å². The molecule has 0 unspecified atom stereocenters. The van der Waals surface area contributed by atoms with Crippen molar-refractivity contribution in [3.05, 3.63) is 34.3 Å². The Bertz CT molecular complexity index is 619. The van der Waals surface area contributed by atoms with Gasteiger partial charge in [0, 0.05) is 20.1 Å². The van der Waals surface area contributed by atoms with Crippen molar-refractivity contribution in [1.29, 1.82) is 0 Å². The second-order valence-electron chi connectivity index (χ2n) is 6.03. The molecular formula is C16H19ClN2O3. The summed E-state index contributed by atoms with van der Waals surface area (Å²) >= 11 is 6.18. The summed E-state index contributed by atoms with van der Waals surface area (Å²) in [4.78, 5) is 28.6. The van der Waals surface area contributed by atoms with Gasteiger partial charge >= 0.3 is 0 Å². The molecule has 1 aromatic carbocycles. The van der Waals surface area contributed by atoms with Gasteiger partial charge in [0.05, 0.1) is 35.8 Å². The molecule has 22 heavy (non-hydrogen) atoms. The molecule has 0 spiro atoms. The van der Waals surface area contributed by atoms with Crippen molar-refractivity contribution in [2.24, 2.45) is 5.92 Å². The molecule has 2 fully saturated rings. The first-order chi connectivity index (χ1) is 10.5. The molecule has 5 nitrogen and oxygen atoms in total. The molecule has 2 amide bonds. The zero-order chi connectivity index (χ0) is 15.9. The second kappa shape index (κ2) is 5.89. The third kappa shape index (κ3) is 2.71. The maximum absolute atomic E-state index is 12.8. The van der Waals surface area contributed by atoms with Gasteiger partial charge in [-0.15, -0.1) is 0 Å². The lowest BCUT2D eigenvalue weighted by molar-refractivity contribution is -0.133. The first-order valence-electron chi connectivity index (χ1n) is 7.37. The van der Waals surface area contributed by atoms with E-state index < -0.39 is 0 Å². The van der Waals surface area contributed by atoms with E-state index in [0.717, 1.165) is 5.56 Å². The van der Waals surface area contributed by atoms with Crippen molar-refractivity contribution < 1.29 is 14.3 Å². The maximum atomic E-state index is 12.8. The van der Waals surface area contributed by atoms with Gasteiger partial charge < -0.3 is 14.5 Å². The number of likely N-dealkylation sites (N-methyl/N-ethyl adjacent to an activating group) is 1. The van der Waals surface area contributed by atoms with Crippen molar-refractivity contribution in [1.82, 2.24) is 9.80 Å². The summed E-state index contributed by atoms with van der Waals surface area (Å²) in [6.45, 7) is 3.61. The lowest BCUT2D eigenvalue weighted by Crippen LogP contribution is -2.45. The van der Waals surface area contributed by atoms with Gasteiger partial charge in [-0.25, -0.2) is 0 Å². The summed E-state index contributed by atoms with van der Waals surface area (Å²) < 4.78 is 5.55. The number of amides is 2. The van der Waals surface area contributed by atoms with Gasteiger partial charge in [-0.2, -0.15) is 0 Å². The molecule has 3 rings (SSSR count).